The van der Waals surface area contributed by atoms with Crippen LogP contribution in [-0.4, -0.2) is 5.97 Å². The molecule has 3 aliphatic rings. The molecule has 154 valence electrons. The molecular formula is C26H38O2. The summed E-state index contributed by atoms with van der Waals surface area (Å²) in [6.45, 7) is 4.40. The first kappa shape index (κ1) is 20.0. The van der Waals surface area contributed by atoms with Gasteiger partial charge in [0.1, 0.15) is 5.75 Å². The second-order valence-electron chi connectivity index (χ2n) is 9.78. The van der Waals surface area contributed by atoms with Gasteiger partial charge in [-0.3, -0.25) is 4.79 Å². The zero-order valence-electron chi connectivity index (χ0n) is 17.9. The van der Waals surface area contributed by atoms with Gasteiger partial charge in [0, 0.05) is 0 Å². The van der Waals surface area contributed by atoms with Crippen molar-refractivity contribution in [3.8, 4) is 5.75 Å². The topological polar surface area (TPSA) is 26.3 Å². The molecule has 2 heteroatoms. The molecule has 2 fully saturated rings. The van der Waals surface area contributed by atoms with Crippen LogP contribution in [0.4, 0.5) is 0 Å². The Balaban J connectivity index is 1.32. The van der Waals surface area contributed by atoms with Crippen molar-refractivity contribution in [2.24, 2.45) is 23.7 Å². The van der Waals surface area contributed by atoms with E-state index in [-0.39, 0.29) is 11.9 Å². The molecular weight excluding hydrogens is 344 g/mol. The number of rotatable bonds is 5. The fourth-order valence-corrected chi connectivity index (χ4v) is 6.22. The average molecular weight is 383 g/mol. The molecule has 0 saturated heterocycles. The van der Waals surface area contributed by atoms with Crippen molar-refractivity contribution in [3.63, 3.8) is 0 Å². The van der Waals surface area contributed by atoms with Crippen LogP contribution in [0.15, 0.2) is 18.2 Å². The zero-order valence-corrected chi connectivity index (χ0v) is 17.9. The van der Waals surface area contributed by atoms with Crippen LogP contribution in [0.25, 0.3) is 0 Å². The molecule has 0 spiro atoms. The summed E-state index contributed by atoms with van der Waals surface area (Å²) in [5, 5.41) is 0. The van der Waals surface area contributed by atoms with E-state index in [9.17, 15) is 4.79 Å². The number of esters is 1. The first-order valence-electron chi connectivity index (χ1n) is 12.0. The Morgan fingerprint density at radius 2 is 1.61 bits per heavy atom. The predicted octanol–water partition coefficient (Wildman–Crippen LogP) is 7.05. The van der Waals surface area contributed by atoms with E-state index in [4.69, 9.17) is 4.74 Å². The zero-order chi connectivity index (χ0) is 19.5. The minimum Gasteiger partial charge on any atom is -0.426 e. The lowest BCUT2D eigenvalue weighted by molar-refractivity contribution is -0.140. The molecule has 1 heterocycles. The second-order valence-corrected chi connectivity index (χ2v) is 9.78. The van der Waals surface area contributed by atoms with Gasteiger partial charge in [0.2, 0.25) is 0 Å². The third-order valence-electron chi connectivity index (χ3n) is 8.09. The fourth-order valence-electron chi connectivity index (χ4n) is 6.22. The molecule has 28 heavy (non-hydrogen) atoms. The van der Waals surface area contributed by atoms with Gasteiger partial charge in [0.25, 0.3) is 0 Å². The van der Waals surface area contributed by atoms with Gasteiger partial charge in [-0.2, -0.15) is 0 Å². The Kier molecular flexibility index (Phi) is 6.43. The summed E-state index contributed by atoms with van der Waals surface area (Å²) in [5.74, 6) is 4.46. The van der Waals surface area contributed by atoms with E-state index in [1.54, 1.807) is 0 Å². The minimum absolute atomic E-state index is 0.0328. The van der Waals surface area contributed by atoms with Crippen molar-refractivity contribution >= 4 is 5.97 Å². The van der Waals surface area contributed by atoms with Crippen molar-refractivity contribution in [2.45, 2.75) is 96.8 Å². The lowest BCUT2D eigenvalue weighted by atomic mass is 9.68. The van der Waals surface area contributed by atoms with Crippen molar-refractivity contribution in [1.82, 2.24) is 0 Å². The molecule has 0 bridgehead atoms. The number of hydrogen-bond donors (Lipinski definition) is 0. The molecule has 0 N–H and O–H groups in total. The highest BCUT2D eigenvalue weighted by molar-refractivity contribution is 5.78. The van der Waals surface area contributed by atoms with E-state index in [1.165, 1.54) is 75.3 Å². The number of ether oxygens (including phenoxy) is 1. The van der Waals surface area contributed by atoms with Crippen LogP contribution in [0, 0.1) is 23.7 Å². The second kappa shape index (κ2) is 9.01. The number of carbonyl (C=O) groups excluding carboxylic acids is 1. The molecule has 0 radical (unpaired) electrons. The van der Waals surface area contributed by atoms with Crippen LogP contribution in [0.1, 0.15) is 102 Å². The summed E-state index contributed by atoms with van der Waals surface area (Å²) in [6.07, 6.45) is 15.8. The molecule has 4 rings (SSSR count). The smallest absolute Gasteiger partial charge is 0.314 e. The van der Waals surface area contributed by atoms with Gasteiger partial charge in [-0.1, -0.05) is 51.7 Å². The normalized spacial score (nSPS) is 33.2. The molecule has 0 amide bonds. The highest BCUT2D eigenvalue weighted by atomic mass is 16.5. The first-order chi connectivity index (χ1) is 13.7. The summed E-state index contributed by atoms with van der Waals surface area (Å²) >= 11 is 0. The predicted molar refractivity (Wildman–Crippen MR) is 115 cm³/mol. The Hall–Kier alpha value is -1.31. The van der Waals surface area contributed by atoms with E-state index >= 15 is 0 Å². The van der Waals surface area contributed by atoms with Gasteiger partial charge < -0.3 is 4.74 Å². The molecule has 1 aromatic rings. The maximum absolute atomic E-state index is 12.1. The van der Waals surface area contributed by atoms with E-state index in [0.29, 0.717) is 5.92 Å². The first-order valence-corrected chi connectivity index (χ1v) is 12.0. The maximum Gasteiger partial charge on any atom is 0.314 e. The quantitative estimate of drug-likeness (QED) is 0.403. The molecule has 2 aliphatic carbocycles. The van der Waals surface area contributed by atoms with Crippen LogP contribution in [0.5, 0.6) is 5.75 Å². The summed E-state index contributed by atoms with van der Waals surface area (Å²) in [5.41, 5.74) is 2.61. The van der Waals surface area contributed by atoms with Gasteiger partial charge >= 0.3 is 5.97 Å². The van der Waals surface area contributed by atoms with Crippen LogP contribution < -0.4 is 4.74 Å². The average Bonchev–Trinajstić information content (AvgIpc) is 2.74. The number of carbonyl (C=O) groups is 1. The summed E-state index contributed by atoms with van der Waals surface area (Å²) < 4.78 is 5.67. The lowest BCUT2D eigenvalue weighted by Gasteiger charge is -2.38. The van der Waals surface area contributed by atoms with Crippen molar-refractivity contribution in [2.75, 3.05) is 0 Å². The van der Waals surface area contributed by atoms with E-state index in [0.717, 1.165) is 36.3 Å². The maximum atomic E-state index is 12.1. The Morgan fingerprint density at radius 3 is 2.25 bits per heavy atom. The summed E-state index contributed by atoms with van der Waals surface area (Å²) in [7, 11) is 0. The monoisotopic (exact) mass is 382 g/mol. The van der Waals surface area contributed by atoms with Crippen LogP contribution in [0.2, 0.25) is 0 Å². The molecule has 1 aliphatic heterocycles. The van der Waals surface area contributed by atoms with Gasteiger partial charge in [0.15, 0.2) is 0 Å². The van der Waals surface area contributed by atoms with Crippen molar-refractivity contribution < 1.29 is 9.53 Å². The van der Waals surface area contributed by atoms with Crippen molar-refractivity contribution in [3.05, 3.63) is 29.3 Å². The Morgan fingerprint density at radius 1 is 0.929 bits per heavy atom. The molecule has 1 aromatic carbocycles. The number of fused-ring (bicyclic) bond motifs is 1. The SMILES string of the molecule is CCCC1CCC(C2CCC(c3ccc4c(c3)OC(=O)C(CC)C4)CC2)CC1. The third kappa shape index (κ3) is 4.31. The molecule has 0 aromatic heterocycles. The molecule has 1 unspecified atom stereocenters. The van der Waals surface area contributed by atoms with Crippen LogP contribution in [0.3, 0.4) is 0 Å². The minimum atomic E-state index is -0.0328. The standard InChI is InChI=1S/C26H38O2/c1-3-5-18-6-8-20(9-7-18)21-10-12-22(13-11-21)23-14-15-24-16-19(4-2)26(27)28-25(24)17-23/h14-15,17-22H,3-13,16H2,1-2H3. The highest BCUT2D eigenvalue weighted by Crippen LogP contribution is 2.45. The summed E-state index contributed by atoms with van der Waals surface area (Å²) in [4.78, 5) is 12.1. The van der Waals surface area contributed by atoms with Gasteiger partial charge in [-0.25, -0.2) is 0 Å². The summed E-state index contributed by atoms with van der Waals surface area (Å²) in [6, 6.07) is 6.71. The van der Waals surface area contributed by atoms with E-state index in [1.807, 2.05) is 0 Å². The van der Waals surface area contributed by atoms with E-state index < -0.39 is 0 Å². The highest BCUT2D eigenvalue weighted by Gasteiger charge is 2.32. The molecule has 2 nitrogen and oxygen atoms in total. The Bertz CT molecular complexity index is 663. The number of hydrogen-bond acceptors (Lipinski definition) is 2. The lowest BCUT2D eigenvalue weighted by Crippen LogP contribution is -2.27. The van der Waals surface area contributed by atoms with Crippen LogP contribution >= 0.6 is 0 Å². The Labute approximate surface area is 171 Å². The van der Waals surface area contributed by atoms with Gasteiger partial charge in [-0.05, 0) is 92.2 Å². The fraction of sp³-hybridized carbons (Fsp3) is 0.731. The largest absolute Gasteiger partial charge is 0.426 e. The van der Waals surface area contributed by atoms with E-state index in [2.05, 4.69) is 32.0 Å². The van der Waals surface area contributed by atoms with Crippen LogP contribution in [-0.2, 0) is 11.2 Å². The van der Waals surface area contributed by atoms with Gasteiger partial charge in [-0.15, -0.1) is 0 Å². The number of benzene rings is 1. The third-order valence-corrected chi connectivity index (χ3v) is 8.09. The van der Waals surface area contributed by atoms with Crippen molar-refractivity contribution in [1.29, 1.82) is 0 Å². The molecule has 1 atom stereocenters. The molecule has 2 saturated carbocycles. The van der Waals surface area contributed by atoms with Gasteiger partial charge in [0.05, 0.1) is 5.92 Å².